The van der Waals surface area contributed by atoms with Crippen LogP contribution in [0.2, 0.25) is 0 Å². The zero-order chi connectivity index (χ0) is 12.5. The lowest BCUT2D eigenvalue weighted by Crippen LogP contribution is -2.42. The van der Waals surface area contributed by atoms with Crippen LogP contribution in [0.3, 0.4) is 0 Å². The van der Waals surface area contributed by atoms with Crippen molar-refractivity contribution in [3.63, 3.8) is 0 Å². The highest BCUT2D eigenvalue weighted by atomic mass is 14.9. The van der Waals surface area contributed by atoms with Gasteiger partial charge in [0.05, 0.1) is 0 Å². The molecule has 1 heteroatoms. The van der Waals surface area contributed by atoms with Crippen LogP contribution in [-0.2, 0) is 0 Å². The van der Waals surface area contributed by atoms with Gasteiger partial charge in [-0.1, -0.05) is 59.3 Å². The van der Waals surface area contributed by atoms with Gasteiger partial charge in [-0.15, -0.1) is 0 Å². The van der Waals surface area contributed by atoms with Crippen LogP contribution in [0.5, 0.6) is 0 Å². The lowest BCUT2D eigenvalue weighted by atomic mass is 9.80. The third-order valence-electron chi connectivity index (χ3n) is 4.54. The Hall–Kier alpha value is -0.0400. The van der Waals surface area contributed by atoms with Crippen molar-refractivity contribution in [3.8, 4) is 0 Å². The molecular formula is C16H33N. The summed E-state index contributed by atoms with van der Waals surface area (Å²) in [6, 6.07) is 0.776. The van der Waals surface area contributed by atoms with Gasteiger partial charge >= 0.3 is 0 Å². The van der Waals surface area contributed by atoms with E-state index < -0.39 is 0 Å². The lowest BCUT2D eigenvalue weighted by Gasteiger charge is -2.33. The summed E-state index contributed by atoms with van der Waals surface area (Å²) in [5.74, 6) is 1.78. The monoisotopic (exact) mass is 239 g/mol. The molecule has 1 N–H and O–H groups in total. The van der Waals surface area contributed by atoms with E-state index in [0.717, 1.165) is 17.9 Å². The van der Waals surface area contributed by atoms with E-state index in [1.165, 1.54) is 64.3 Å². The van der Waals surface area contributed by atoms with Crippen LogP contribution >= 0.6 is 0 Å². The van der Waals surface area contributed by atoms with Crippen molar-refractivity contribution in [2.45, 2.75) is 84.6 Å². The van der Waals surface area contributed by atoms with Crippen molar-refractivity contribution in [1.82, 2.24) is 5.32 Å². The predicted molar refractivity (Wildman–Crippen MR) is 77.3 cm³/mol. The van der Waals surface area contributed by atoms with E-state index >= 15 is 0 Å². The van der Waals surface area contributed by atoms with Crippen LogP contribution in [0.1, 0.15) is 78.6 Å². The van der Waals surface area contributed by atoms with Crippen molar-refractivity contribution in [2.75, 3.05) is 6.54 Å². The highest BCUT2D eigenvalue weighted by Gasteiger charge is 2.25. The molecule has 0 bridgehead atoms. The molecule has 0 amide bonds. The largest absolute Gasteiger partial charge is 0.313 e. The lowest BCUT2D eigenvalue weighted by molar-refractivity contribution is 0.223. The van der Waals surface area contributed by atoms with Crippen molar-refractivity contribution in [2.24, 2.45) is 11.8 Å². The quantitative estimate of drug-likeness (QED) is 0.704. The average Bonchev–Trinajstić information content (AvgIpc) is 2.30. The highest BCUT2D eigenvalue weighted by Crippen LogP contribution is 2.29. The third kappa shape index (κ3) is 5.42. The van der Waals surface area contributed by atoms with Crippen molar-refractivity contribution >= 4 is 0 Å². The molecule has 1 saturated carbocycles. The van der Waals surface area contributed by atoms with Gasteiger partial charge in [0, 0.05) is 6.04 Å². The second kappa shape index (κ2) is 8.97. The van der Waals surface area contributed by atoms with E-state index in [1.54, 1.807) is 0 Å². The van der Waals surface area contributed by atoms with Crippen LogP contribution in [0, 0.1) is 11.8 Å². The fourth-order valence-electron chi connectivity index (χ4n) is 3.24. The first kappa shape index (κ1) is 15.0. The van der Waals surface area contributed by atoms with Gasteiger partial charge in [0.25, 0.3) is 0 Å². The van der Waals surface area contributed by atoms with Gasteiger partial charge in [0.2, 0.25) is 0 Å². The summed E-state index contributed by atoms with van der Waals surface area (Å²) in [6.07, 6.45) is 12.9. The van der Waals surface area contributed by atoms with E-state index in [1.807, 2.05) is 0 Å². The Kier molecular flexibility index (Phi) is 7.92. The summed E-state index contributed by atoms with van der Waals surface area (Å²) < 4.78 is 0. The van der Waals surface area contributed by atoms with Crippen LogP contribution in [0.4, 0.5) is 0 Å². The Morgan fingerprint density at radius 1 is 1.00 bits per heavy atom. The Bertz CT molecular complexity index is 170. The maximum atomic E-state index is 3.84. The summed E-state index contributed by atoms with van der Waals surface area (Å²) in [5, 5.41) is 3.84. The molecule has 0 aromatic carbocycles. The molecule has 2 unspecified atom stereocenters. The molecule has 1 aliphatic rings. The van der Waals surface area contributed by atoms with E-state index in [9.17, 15) is 0 Å². The van der Waals surface area contributed by atoms with E-state index in [2.05, 4.69) is 26.1 Å². The molecule has 102 valence electrons. The van der Waals surface area contributed by atoms with Gasteiger partial charge in [0.1, 0.15) is 0 Å². The molecule has 0 spiro atoms. The van der Waals surface area contributed by atoms with Crippen molar-refractivity contribution in [3.05, 3.63) is 0 Å². The number of rotatable bonds is 6. The second-order valence-corrected chi connectivity index (χ2v) is 5.97. The molecule has 0 saturated heterocycles. The van der Waals surface area contributed by atoms with Gasteiger partial charge < -0.3 is 5.32 Å². The van der Waals surface area contributed by atoms with Crippen LogP contribution in [0.15, 0.2) is 0 Å². The maximum absolute atomic E-state index is 3.84. The van der Waals surface area contributed by atoms with Crippen LogP contribution in [-0.4, -0.2) is 12.6 Å². The molecule has 1 nitrogen and oxygen atoms in total. The topological polar surface area (TPSA) is 12.0 Å². The standard InChI is InChI=1S/C16H33N/c1-4-13-17-16(14(3)5-2)15-11-9-7-6-8-10-12-15/h14-17H,4-13H2,1-3H3. The Labute approximate surface area is 109 Å². The molecule has 1 aliphatic carbocycles. The molecule has 0 aliphatic heterocycles. The molecule has 0 heterocycles. The number of hydrogen-bond donors (Lipinski definition) is 1. The molecule has 0 aromatic rings. The van der Waals surface area contributed by atoms with Crippen molar-refractivity contribution in [1.29, 1.82) is 0 Å². The molecular weight excluding hydrogens is 206 g/mol. The number of nitrogens with one attached hydrogen (secondary N) is 1. The smallest absolute Gasteiger partial charge is 0.0121 e. The normalized spacial score (nSPS) is 22.8. The van der Waals surface area contributed by atoms with Crippen LogP contribution in [0.25, 0.3) is 0 Å². The first-order valence-electron chi connectivity index (χ1n) is 8.03. The molecule has 1 fully saturated rings. The molecule has 17 heavy (non-hydrogen) atoms. The zero-order valence-corrected chi connectivity index (χ0v) is 12.3. The minimum atomic E-state index is 0.776. The molecule has 0 radical (unpaired) electrons. The van der Waals surface area contributed by atoms with Crippen LogP contribution < -0.4 is 5.32 Å². The van der Waals surface area contributed by atoms with Gasteiger partial charge in [-0.05, 0) is 37.6 Å². The summed E-state index contributed by atoms with van der Waals surface area (Å²) in [5.41, 5.74) is 0. The summed E-state index contributed by atoms with van der Waals surface area (Å²) in [6.45, 7) is 8.25. The molecule has 0 aromatic heterocycles. The first-order chi connectivity index (χ1) is 8.29. The van der Waals surface area contributed by atoms with E-state index in [-0.39, 0.29) is 0 Å². The fraction of sp³-hybridized carbons (Fsp3) is 1.00. The van der Waals surface area contributed by atoms with Gasteiger partial charge in [-0.25, -0.2) is 0 Å². The van der Waals surface area contributed by atoms with E-state index in [0.29, 0.717) is 0 Å². The second-order valence-electron chi connectivity index (χ2n) is 5.97. The van der Waals surface area contributed by atoms with E-state index in [4.69, 9.17) is 0 Å². The highest BCUT2D eigenvalue weighted by molar-refractivity contribution is 4.81. The SMILES string of the molecule is CCCNC(C(C)CC)C1CCCCCCC1. The maximum Gasteiger partial charge on any atom is 0.0121 e. The summed E-state index contributed by atoms with van der Waals surface area (Å²) in [4.78, 5) is 0. The summed E-state index contributed by atoms with van der Waals surface area (Å²) >= 11 is 0. The Morgan fingerprint density at radius 3 is 2.12 bits per heavy atom. The fourth-order valence-corrected chi connectivity index (χ4v) is 3.24. The summed E-state index contributed by atoms with van der Waals surface area (Å²) in [7, 11) is 0. The average molecular weight is 239 g/mol. The third-order valence-corrected chi connectivity index (χ3v) is 4.54. The van der Waals surface area contributed by atoms with Gasteiger partial charge in [-0.3, -0.25) is 0 Å². The zero-order valence-electron chi connectivity index (χ0n) is 12.3. The Morgan fingerprint density at radius 2 is 1.59 bits per heavy atom. The number of hydrogen-bond acceptors (Lipinski definition) is 1. The van der Waals surface area contributed by atoms with Gasteiger partial charge in [0.15, 0.2) is 0 Å². The minimum Gasteiger partial charge on any atom is -0.313 e. The minimum absolute atomic E-state index is 0.776. The molecule has 2 atom stereocenters. The molecule has 1 rings (SSSR count). The predicted octanol–water partition coefficient (Wildman–Crippen LogP) is 4.76. The Balaban J connectivity index is 2.51. The van der Waals surface area contributed by atoms with Gasteiger partial charge in [-0.2, -0.15) is 0 Å². The first-order valence-corrected chi connectivity index (χ1v) is 8.03. The van der Waals surface area contributed by atoms with Crippen molar-refractivity contribution < 1.29 is 0 Å².